The number of carbonyl (C=O) groups excluding carboxylic acids is 1. The van der Waals surface area contributed by atoms with Crippen LogP contribution >= 0.6 is 0 Å². The minimum absolute atomic E-state index is 0.143. The predicted octanol–water partition coefficient (Wildman–Crippen LogP) is 1.21. The molecular weight excluding hydrogens is 252 g/mol. The van der Waals surface area contributed by atoms with Crippen LogP contribution in [0.5, 0.6) is 0 Å². The molecule has 112 valence electrons. The summed E-state index contributed by atoms with van der Waals surface area (Å²) in [4.78, 5) is 12.4. The van der Waals surface area contributed by atoms with Crippen LogP contribution in [0, 0.1) is 17.8 Å². The SMILES string of the molecule is O=C(N[C@H](C1CCNCC1)C1CC(O)C1)C1CC=CC1. The fraction of sp³-hybridized carbons (Fsp3) is 0.812. The van der Waals surface area contributed by atoms with Gasteiger partial charge in [0.1, 0.15) is 0 Å². The van der Waals surface area contributed by atoms with E-state index in [4.69, 9.17) is 0 Å². The largest absolute Gasteiger partial charge is 0.393 e. The molecule has 0 unspecified atom stereocenters. The number of aliphatic hydroxyl groups excluding tert-OH is 1. The maximum Gasteiger partial charge on any atom is 0.223 e. The molecule has 20 heavy (non-hydrogen) atoms. The van der Waals surface area contributed by atoms with Crippen LogP contribution in [-0.4, -0.2) is 36.2 Å². The highest BCUT2D eigenvalue weighted by atomic mass is 16.3. The van der Waals surface area contributed by atoms with E-state index in [0.717, 1.165) is 51.6 Å². The highest BCUT2D eigenvalue weighted by Gasteiger charge is 2.39. The molecule has 2 fully saturated rings. The summed E-state index contributed by atoms with van der Waals surface area (Å²) in [5, 5.41) is 16.3. The minimum Gasteiger partial charge on any atom is -0.393 e. The van der Waals surface area contributed by atoms with Crippen molar-refractivity contribution in [1.82, 2.24) is 10.6 Å². The number of piperidine rings is 1. The zero-order valence-electron chi connectivity index (χ0n) is 12.1. The van der Waals surface area contributed by atoms with Gasteiger partial charge in [-0.1, -0.05) is 12.2 Å². The molecule has 1 amide bonds. The van der Waals surface area contributed by atoms with Gasteiger partial charge in [0, 0.05) is 12.0 Å². The normalized spacial score (nSPS) is 32.9. The van der Waals surface area contributed by atoms with E-state index in [1.54, 1.807) is 0 Å². The third-order valence-corrected chi connectivity index (χ3v) is 5.24. The summed E-state index contributed by atoms with van der Waals surface area (Å²) in [6, 6.07) is 0.272. The fourth-order valence-corrected chi connectivity index (χ4v) is 3.86. The fourth-order valence-electron chi connectivity index (χ4n) is 3.86. The van der Waals surface area contributed by atoms with E-state index in [1.807, 2.05) is 0 Å². The van der Waals surface area contributed by atoms with Crippen molar-refractivity contribution in [3.8, 4) is 0 Å². The molecule has 0 aromatic rings. The molecular formula is C16H26N2O2. The number of hydrogen-bond acceptors (Lipinski definition) is 3. The molecule has 0 radical (unpaired) electrons. The second-order valence-electron chi connectivity index (χ2n) is 6.65. The van der Waals surface area contributed by atoms with Gasteiger partial charge in [0.05, 0.1) is 6.10 Å². The first-order valence-corrected chi connectivity index (χ1v) is 8.08. The van der Waals surface area contributed by atoms with Crippen LogP contribution in [0.2, 0.25) is 0 Å². The molecule has 1 saturated carbocycles. The summed E-state index contributed by atoms with van der Waals surface area (Å²) < 4.78 is 0. The standard InChI is InChI=1S/C16H26N2O2/c19-14-9-13(10-14)15(11-5-7-17-8-6-11)18-16(20)12-3-1-2-4-12/h1-2,11-15,17,19H,3-10H2,(H,18,20)/t13?,14?,15-/m1/s1. The Kier molecular flexibility index (Phi) is 4.41. The van der Waals surface area contributed by atoms with Crippen molar-refractivity contribution in [3.05, 3.63) is 12.2 Å². The summed E-state index contributed by atoms with van der Waals surface area (Å²) in [7, 11) is 0. The van der Waals surface area contributed by atoms with E-state index >= 15 is 0 Å². The highest BCUT2D eigenvalue weighted by Crippen LogP contribution is 2.36. The van der Waals surface area contributed by atoms with Crippen molar-refractivity contribution in [1.29, 1.82) is 0 Å². The van der Waals surface area contributed by atoms with Crippen LogP contribution in [0.3, 0.4) is 0 Å². The van der Waals surface area contributed by atoms with Crippen molar-refractivity contribution >= 4 is 5.91 Å². The van der Waals surface area contributed by atoms with Gasteiger partial charge in [-0.2, -0.15) is 0 Å². The molecule has 1 atom stereocenters. The van der Waals surface area contributed by atoms with Crippen molar-refractivity contribution in [3.63, 3.8) is 0 Å². The number of amides is 1. The van der Waals surface area contributed by atoms with Gasteiger partial charge in [0.2, 0.25) is 5.91 Å². The number of hydrogen-bond donors (Lipinski definition) is 3. The van der Waals surface area contributed by atoms with Crippen molar-refractivity contribution in [2.24, 2.45) is 17.8 Å². The molecule has 3 aliphatic rings. The van der Waals surface area contributed by atoms with Crippen LogP contribution in [0.15, 0.2) is 12.2 Å². The zero-order chi connectivity index (χ0) is 13.9. The molecule has 3 N–H and O–H groups in total. The maximum absolute atomic E-state index is 12.4. The second-order valence-corrected chi connectivity index (χ2v) is 6.65. The van der Waals surface area contributed by atoms with Gasteiger partial charge in [-0.25, -0.2) is 0 Å². The third kappa shape index (κ3) is 3.07. The van der Waals surface area contributed by atoms with Gasteiger partial charge in [0.25, 0.3) is 0 Å². The molecule has 4 heteroatoms. The lowest BCUT2D eigenvalue weighted by atomic mass is 9.71. The van der Waals surface area contributed by atoms with Crippen molar-refractivity contribution in [2.75, 3.05) is 13.1 Å². The van der Waals surface area contributed by atoms with E-state index in [9.17, 15) is 9.90 Å². The molecule has 1 saturated heterocycles. The number of nitrogens with one attached hydrogen (secondary N) is 2. The summed E-state index contributed by atoms with van der Waals surface area (Å²) in [5.74, 6) is 1.42. The smallest absolute Gasteiger partial charge is 0.223 e. The number of carbonyl (C=O) groups is 1. The van der Waals surface area contributed by atoms with Crippen molar-refractivity contribution < 1.29 is 9.90 Å². The van der Waals surface area contributed by atoms with Crippen LogP contribution in [-0.2, 0) is 4.79 Å². The lowest BCUT2D eigenvalue weighted by Gasteiger charge is -2.43. The Bertz CT molecular complexity index is 363. The van der Waals surface area contributed by atoms with Crippen LogP contribution in [0.4, 0.5) is 0 Å². The average Bonchev–Trinajstić information content (AvgIpc) is 2.97. The Morgan fingerprint density at radius 3 is 2.40 bits per heavy atom. The van der Waals surface area contributed by atoms with Gasteiger partial charge in [-0.3, -0.25) is 4.79 Å². The monoisotopic (exact) mass is 278 g/mol. The number of allylic oxidation sites excluding steroid dienone is 2. The molecule has 1 heterocycles. The van der Waals surface area contributed by atoms with Crippen LogP contribution in [0.25, 0.3) is 0 Å². The van der Waals surface area contributed by atoms with E-state index in [-0.39, 0.29) is 24.0 Å². The summed E-state index contributed by atoms with van der Waals surface area (Å²) >= 11 is 0. The quantitative estimate of drug-likeness (QED) is 0.677. The van der Waals surface area contributed by atoms with Crippen molar-refractivity contribution in [2.45, 2.75) is 50.7 Å². The Balaban J connectivity index is 1.60. The average molecular weight is 278 g/mol. The maximum atomic E-state index is 12.4. The lowest BCUT2D eigenvalue weighted by Crippen LogP contribution is -2.53. The van der Waals surface area contributed by atoms with Gasteiger partial charge >= 0.3 is 0 Å². The Labute approximate surface area is 121 Å². The Morgan fingerprint density at radius 2 is 1.80 bits per heavy atom. The molecule has 1 aliphatic heterocycles. The molecule has 4 nitrogen and oxygen atoms in total. The topological polar surface area (TPSA) is 61.4 Å². The predicted molar refractivity (Wildman–Crippen MR) is 78.1 cm³/mol. The van der Waals surface area contributed by atoms with Crippen LogP contribution in [0.1, 0.15) is 38.5 Å². The first-order chi connectivity index (χ1) is 9.74. The van der Waals surface area contributed by atoms with E-state index < -0.39 is 0 Å². The molecule has 2 aliphatic carbocycles. The summed E-state index contributed by atoms with van der Waals surface area (Å²) in [6.07, 6.45) is 9.84. The number of rotatable bonds is 4. The summed E-state index contributed by atoms with van der Waals surface area (Å²) in [5.41, 5.74) is 0. The Hall–Kier alpha value is -0.870. The van der Waals surface area contributed by atoms with E-state index in [0.29, 0.717) is 11.8 Å². The third-order valence-electron chi connectivity index (χ3n) is 5.24. The zero-order valence-corrected chi connectivity index (χ0v) is 12.1. The second kappa shape index (κ2) is 6.27. The summed E-state index contributed by atoms with van der Waals surface area (Å²) in [6.45, 7) is 2.11. The lowest BCUT2D eigenvalue weighted by molar-refractivity contribution is -0.127. The minimum atomic E-state index is -0.144. The highest BCUT2D eigenvalue weighted by molar-refractivity contribution is 5.79. The molecule has 0 aromatic heterocycles. The molecule has 3 rings (SSSR count). The molecule has 0 bridgehead atoms. The van der Waals surface area contributed by atoms with Gasteiger partial charge < -0.3 is 15.7 Å². The first-order valence-electron chi connectivity index (χ1n) is 8.08. The molecule has 0 aromatic carbocycles. The van der Waals surface area contributed by atoms with Gasteiger partial charge in [-0.15, -0.1) is 0 Å². The Morgan fingerprint density at radius 1 is 1.15 bits per heavy atom. The number of aliphatic hydroxyl groups is 1. The van der Waals surface area contributed by atoms with E-state index in [2.05, 4.69) is 22.8 Å². The van der Waals surface area contributed by atoms with Gasteiger partial charge in [-0.05, 0) is 63.5 Å². The van der Waals surface area contributed by atoms with Crippen LogP contribution < -0.4 is 10.6 Å². The van der Waals surface area contributed by atoms with E-state index in [1.165, 1.54) is 0 Å². The van der Waals surface area contributed by atoms with Gasteiger partial charge in [0.15, 0.2) is 0 Å². The molecule has 0 spiro atoms. The first kappa shape index (κ1) is 14.1.